The van der Waals surface area contributed by atoms with E-state index in [1.807, 2.05) is 0 Å². The average molecular weight is 747 g/mol. The Morgan fingerprint density at radius 3 is 1.91 bits per heavy atom. The van der Waals surface area contributed by atoms with Crippen molar-refractivity contribution in [3.8, 4) is 22.6 Å². The molecule has 57 heavy (non-hydrogen) atoms. The van der Waals surface area contributed by atoms with Crippen molar-refractivity contribution in [3.05, 3.63) is 137 Å². The van der Waals surface area contributed by atoms with Crippen molar-refractivity contribution in [2.45, 2.75) is 86.5 Å². The predicted octanol–water partition coefficient (Wildman–Crippen LogP) is 11.0. The fourth-order valence-corrected chi connectivity index (χ4v) is 10.8. The van der Waals surface area contributed by atoms with E-state index < -0.39 is 0 Å². The average Bonchev–Trinajstić information content (AvgIpc) is 3.84. The van der Waals surface area contributed by atoms with Gasteiger partial charge in [-0.15, -0.1) is 0 Å². The van der Waals surface area contributed by atoms with E-state index in [0.717, 1.165) is 54.0 Å². The second-order valence-corrected chi connectivity index (χ2v) is 20.1. The number of hydrogen-bond acceptors (Lipinski definition) is 4. The van der Waals surface area contributed by atoms with Crippen LogP contribution in [0.2, 0.25) is 0 Å². The molecular weight excluding hydrogens is 695 g/mol. The van der Waals surface area contributed by atoms with E-state index in [9.17, 15) is 0 Å². The third-order valence-corrected chi connectivity index (χ3v) is 13.3. The maximum absolute atomic E-state index is 6.14. The van der Waals surface area contributed by atoms with Crippen LogP contribution in [-0.4, -0.2) is 13.5 Å². The van der Waals surface area contributed by atoms with Gasteiger partial charge >= 0.3 is 0 Å². The Hall–Kier alpha value is -5.42. The first-order valence-corrected chi connectivity index (χ1v) is 20.9. The second kappa shape index (κ2) is 11.8. The summed E-state index contributed by atoms with van der Waals surface area (Å²) in [6.07, 6.45) is 4.43. The molecule has 0 amide bonds. The number of ether oxygens (including phenoxy) is 2. The second-order valence-electron chi connectivity index (χ2n) is 20.1. The molecule has 5 heteroatoms. The predicted molar refractivity (Wildman–Crippen MR) is 238 cm³/mol. The lowest BCUT2D eigenvalue weighted by molar-refractivity contribution is 0.174. The number of aryl methyl sites for hydroxylation is 1. The maximum atomic E-state index is 6.14. The van der Waals surface area contributed by atoms with E-state index in [2.05, 4.69) is 168 Å². The first kappa shape index (κ1) is 34.8. The summed E-state index contributed by atoms with van der Waals surface area (Å²) in [4.78, 5) is 5.17. The van der Waals surface area contributed by atoms with Gasteiger partial charge < -0.3 is 19.3 Å². The summed E-state index contributed by atoms with van der Waals surface area (Å²) >= 11 is 0. The summed E-state index contributed by atoms with van der Waals surface area (Å²) in [6.45, 7) is 19.3. The number of nitrogens with zero attached hydrogens (tertiary/aromatic N) is 2. The Balaban J connectivity index is 1.23. The molecule has 0 unspecified atom stereocenters. The van der Waals surface area contributed by atoms with Gasteiger partial charge in [0, 0.05) is 40.1 Å². The van der Waals surface area contributed by atoms with Crippen LogP contribution in [0.5, 0.6) is 11.5 Å². The summed E-state index contributed by atoms with van der Waals surface area (Å²) in [5, 5.41) is 0. The van der Waals surface area contributed by atoms with Crippen molar-refractivity contribution in [3.63, 3.8) is 0 Å². The number of benzene rings is 6. The molecule has 0 fully saturated rings. The molecule has 5 aliphatic rings. The summed E-state index contributed by atoms with van der Waals surface area (Å²) in [7, 11) is 0. The number of fused-ring (bicyclic) bond motifs is 7. The zero-order chi connectivity index (χ0) is 39.2. The molecule has 0 spiro atoms. The minimum atomic E-state index is -0.0200. The highest BCUT2D eigenvalue weighted by molar-refractivity contribution is 7.00. The highest BCUT2D eigenvalue weighted by atomic mass is 16.7. The van der Waals surface area contributed by atoms with Crippen molar-refractivity contribution in [1.82, 2.24) is 0 Å². The van der Waals surface area contributed by atoms with Crippen LogP contribution in [0, 0.1) is 17.8 Å². The van der Waals surface area contributed by atoms with Gasteiger partial charge in [0.15, 0.2) is 11.5 Å². The van der Waals surface area contributed by atoms with E-state index in [1.54, 1.807) is 0 Å². The lowest BCUT2D eigenvalue weighted by Gasteiger charge is -2.45. The SMILES string of the molecule is Cc1cc2c3c(c1)N(c1cc4c(cc1-c1ccccc1)OCO4)c1ccc(C(C)(C)C)cc1B3c1cc3c(cc1N2c1ccc2c(c1)CC(C)(C)C2)CC(C)(C)C3. The van der Waals surface area contributed by atoms with Crippen LogP contribution < -0.4 is 35.7 Å². The highest BCUT2D eigenvalue weighted by Crippen LogP contribution is 2.52. The number of anilines is 6. The highest BCUT2D eigenvalue weighted by Gasteiger charge is 2.46. The zero-order valence-electron chi connectivity index (χ0n) is 34.6. The molecule has 0 bridgehead atoms. The Kier molecular flexibility index (Phi) is 7.22. The summed E-state index contributed by atoms with van der Waals surface area (Å²) in [5.41, 5.74) is 22.8. The molecule has 0 N–H and O–H groups in total. The van der Waals surface area contributed by atoms with Gasteiger partial charge in [-0.3, -0.25) is 0 Å². The summed E-state index contributed by atoms with van der Waals surface area (Å²) < 4.78 is 12.2. The van der Waals surface area contributed by atoms with E-state index >= 15 is 0 Å². The van der Waals surface area contributed by atoms with Crippen LogP contribution in [0.3, 0.4) is 0 Å². The Labute approximate surface area is 338 Å². The van der Waals surface area contributed by atoms with Gasteiger partial charge in [-0.25, -0.2) is 0 Å². The standard InChI is InChI=1S/C52H51BN2O2/c1-31-18-45-49-46(19-31)55(43-25-48-47(56-30-57-48)24-39(43)32-12-10-9-11-13-32)42-17-15-37(50(2,3)4)23-41(42)53(49)40-21-35-28-52(7,8)29-36(35)22-44(40)54(45)38-16-14-33-26-51(5,6)27-34(33)20-38/h9-25H,26-30H2,1-8H3. The van der Waals surface area contributed by atoms with Crippen molar-refractivity contribution >= 4 is 57.2 Å². The summed E-state index contributed by atoms with van der Waals surface area (Å²) in [5.74, 6) is 1.58. The minimum Gasteiger partial charge on any atom is -0.454 e. The fourth-order valence-electron chi connectivity index (χ4n) is 10.8. The molecule has 0 atom stereocenters. The lowest BCUT2D eigenvalue weighted by Crippen LogP contribution is -2.61. The fraction of sp³-hybridized carbons (Fsp3) is 0.308. The molecule has 0 aromatic heterocycles. The smallest absolute Gasteiger partial charge is 0.252 e. The van der Waals surface area contributed by atoms with Crippen LogP contribution in [0.4, 0.5) is 34.1 Å². The first-order chi connectivity index (χ1) is 27.2. The van der Waals surface area contributed by atoms with Crippen molar-refractivity contribution in [2.75, 3.05) is 16.6 Å². The molecule has 11 rings (SSSR count). The molecule has 0 radical (unpaired) electrons. The molecule has 284 valence electrons. The molecule has 0 saturated carbocycles. The summed E-state index contributed by atoms with van der Waals surface area (Å²) in [6, 6.07) is 39.8. The number of rotatable bonds is 3. The molecule has 4 nitrogen and oxygen atoms in total. The number of hydrogen-bond donors (Lipinski definition) is 0. The first-order valence-electron chi connectivity index (χ1n) is 20.9. The normalized spacial score (nSPS) is 17.6. The topological polar surface area (TPSA) is 24.9 Å². The Morgan fingerprint density at radius 1 is 0.561 bits per heavy atom. The van der Waals surface area contributed by atoms with Gasteiger partial charge in [0.2, 0.25) is 6.79 Å². The molecule has 6 aromatic rings. The molecule has 3 heterocycles. The van der Waals surface area contributed by atoms with Gasteiger partial charge in [-0.05, 0) is 147 Å². The maximum Gasteiger partial charge on any atom is 0.252 e. The van der Waals surface area contributed by atoms with Gasteiger partial charge in [0.05, 0.1) is 5.69 Å². The molecule has 6 aromatic carbocycles. The molecule has 0 saturated heterocycles. The van der Waals surface area contributed by atoms with Crippen LogP contribution in [0.25, 0.3) is 11.1 Å². The third kappa shape index (κ3) is 5.41. The quantitative estimate of drug-likeness (QED) is 0.168. The van der Waals surface area contributed by atoms with Crippen LogP contribution in [0.1, 0.15) is 81.8 Å². The van der Waals surface area contributed by atoms with Crippen LogP contribution in [-0.2, 0) is 31.1 Å². The van der Waals surface area contributed by atoms with Crippen LogP contribution in [0.15, 0.2) is 103 Å². The molecule has 2 aliphatic carbocycles. The zero-order valence-corrected chi connectivity index (χ0v) is 34.6. The Morgan fingerprint density at radius 2 is 1.19 bits per heavy atom. The van der Waals surface area contributed by atoms with Gasteiger partial charge in [-0.1, -0.05) is 103 Å². The largest absolute Gasteiger partial charge is 0.454 e. The van der Waals surface area contributed by atoms with Gasteiger partial charge in [0.25, 0.3) is 6.71 Å². The van der Waals surface area contributed by atoms with E-state index in [0.29, 0.717) is 0 Å². The molecule has 3 aliphatic heterocycles. The van der Waals surface area contributed by atoms with Crippen molar-refractivity contribution < 1.29 is 9.47 Å². The third-order valence-electron chi connectivity index (χ3n) is 13.3. The van der Waals surface area contributed by atoms with E-state index in [4.69, 9.17) is 9.47 Å². The van der Waals surface area contributed by atoms with E-state index in [1.165, 1.54) is 78.2 Å². The van der Waals surface area contributed by atoms with Gasteiger partial charge in [0.1, 0.15) is 0 Å². The van der Waals surface area contributed by atoms with Gasteiger partial charge in [-0.2, -0.15) is 0 Å². The van der Waals surface area contributed by atoms with E-state index in [-0.39, 0.29) is 29.8 Å². The molecular formula is C52H51BN2O2. The lowest BCUT2D eigenvalue weighted by atomic mass is 9.33. The van der Waals surface area contributed by atoms with Crippen molar-refractivity contribution in [2.24, 2.45) is 10.8 Å². The minimum absolute atomic E-state index is 0.0200. The van der Waals surface area contributed by atoms with Crippen LogP contribution >= 0.6 is 0 Å². The Bertz CT molecular complexity index is 2690. The van der Waals surface area contributed by atoms with Crippen molar-refractivity contribution in [1.29, 1.82) is 0 Å². The monoisotopic (exact) mass is 746 g/mol.